The van der Waals surface area contributed by atoms with E-state index in [9.17, 15) is 17.7 Å². The second kappa shape index (κ2) is 8.87. The highest BCUT2D eigenvalue weighted by molar-refractivity contribution is 7.70. The summed E-state index contributed by atoms with van der Waals surface area (Å²) < 4.78 is 64.0. The fraction of sp³-hybridized carbons (Fsp3) is 0.429. The van der Waals surface area contributed by atoms with Gasteiger partial charge in [0.25, 0.3) is 0 Å². The van der Waals surface area contributed by atoms with E-state index in [1.165, 1.54) is 7.11 Å². The van der Waals surface area contributed by atoms with Crippen LogP contribution in [-0.2, 0) is 15.5 Å². The van der Waals surface area contributed by atoms with Gasteiger partial charge in [0.2, 0.25) is 5.95 Å². The topological polar surface area (TPSA) is 101 Å². The van der Waals surface area contributed by atoms with Crippen LogP contribution >= 0.6 is 7.14 Å². The molecule has 1 saturated heterocycles. The fourth-order valence-corrected chi connectivity index (χ4v) is 4.55. The Labute approximate surface area is 188 Å². The van der Waals surface area contributed by atoms with Crippen molar-refractivity contribution in [1.29, 1.82) is 0 Å². The Kier molecular flexibility index (Phi) is 6.28. The third kappa shape index (κ3) is 5.09. The minimum Gasteiger partial charge on any atom is -0.495 e. The number of anilines is 3. The summed E-state index contributed by atoms with van der Waals surface area (Å²) >= 11 is 0. The summed E-state index contributed by atoms with van der Waals surface area (Å²) in [6.45, 7) is 4.37. The number of alkyl halides is 3. The molecule has 8 nitrogen and oxygen atoms in total. The van der Waals surface area contributed by atoms with E-state index in [1.807, 2.05) is 0 Å². The van der Waals surface area contributed by atoms with Gasteiger partial charge in [0.05, 0.1) is 23.7 Å². The minimum absolute atomic E-state index is 0.0524. The van der Waals surface area contributed by atoms with Crippen molar-refractivity contribution in [2.75, 3.05) is 44.3 Å². The van der Waals surface area contributed by atoms with Crippen molar-refractivity contribution in [3.8, 4) is 5.75 Å². The average Bonchev–Trinajstić information content (AvgIpc) is 3.19. The zero-order valence-corrected chi connectivity index (χ0v) is 19.3. The van der Waals surface area contributed by atoms with Crippen LogP contribution in [0.3, 0.4) is 0 Å². The molecule has 1 aliphatic rings. The van der Waals surface area contributed by atoms with Crippen molar-refractivity contribution in [3.05, 3.63) is 30.0 Å². The van der Waals surface area contributed by atoms with Crippen molar-refractivity contribution in [3.63, 3.8) is 0 Å². The summed E-state index contributed by atoms with van der Waals surface area (Å²) in [5, 5.41) is 6.69. The molecule has 0 radical (unpaired) electrons. The lowest BCUT2D eigenvalue weighted by Crippen LogP contribution is -2.28. The Balaban J connectivity index is 1.75. The SMILES string of the molecule is COc1cc(P(C)(C)=O)ccc1Nc1nc(NC2CCOCC2)c2c(C(F)(F)F)c[nH]c2n1. The molecule has 0 unspecified atom stereocenters. The Morgan fingerprint density at radius 3 is 2.58 bits per heavy atom. The van der Waals surface area contributed by atoms with Crippen molar-refractivity contribution in [1.82, 2.24) is 15.0 Å². The van der Waals surface area contributed by atoms with E-state index in [1.54, 1.807) is 31.5 Å². The van der Waals surface area contributed by atoms with Crippen molar-refractivity contribution >= 4 is 40.9 Å². The van der Waals surface area contributed by atoms with Gasteiger partial charge in [-0.15, -0.1) is 0 Å². The average molecular weight is 483 g/mol. The first-order valence-corrected chi connectivity index (χ1v) is 13.0. The molecule has 0 atom stereocenters. The number of fused-ring (bicyclic) bond motifs is 1. The number of nitrogens with zero attached hydrogens (tertiary/aromatic N) is 2. The maximum atomic E-state index is 13.6. The number of halogens is 3. The Hall–Kier alpha value is -2.78. The summed E-state index contributed by atoms with van der Waals surface area (Å²) in [6.07, 6.45) is -2.35. The Morgan fingerprint density at radius 2 is 1.94 bits per heavy atom. The van der Waals surface area contributed by atoms with Gasteiger partial charge < -0.3 is 29.7 Å². The third-order valence-corrected chi connectivity index (χ3v) is 6.97. The summed E-state index contributed by atoms with van der Waals surface area (Å²) in [6, 6.07) is 4.99. The maximum Gasteiger partial charge on any atom is 0.418 e. The van der Waals surface area contributed by atoms with Gasteiger partial charge in [0, 0.05) is 30.8 Å². The van der Waals surface area contributed by atoms with Gasteiger partial charge in [0.15, 0.2) is 0 Å². The van der Waals surface area contributed by atoms with Crippen LogP contribution in [0.2, 0.25) is 0 Å². The number of nitrogens with one attached hydrogen (secondary N) is 3. The first-order chi connectivity index (χ1) is 15.6. The van der Waals surface area contributed by atoms with Crippen LogP contribution in [-0.4, -0.2) is 54.6 Å². The molecule has 1 aliphatic heterocycles. The normalized spacial score (nSPS) is 15.6. The summed E-state index contributed by atoms with van der Waals surface area (Å²) in [5.74, 6) is 0.599. The zero-order valence-electron chi connectivity index (χ0n) is 18.4. The summed E-state index contributed by atoms with van der Waals surface area (Å²) in [4.78, 5) is 11.2. The van der Waals surface area contributed by atoms with Gasteiger partial charge in [-0.25, -0.2) is 0 Å². The number of hydrogen-bond donors (Lipinski definition) is 3. The molecule has 0 aliphatic carbocycles. The highest BCUT2D eigenvalue weighted by Crippen LogP contribution is 2.40. The van der Waals surface area contributed by atoms with Crippen LogP contribution in [0.25, 0.3) is 11.0 Å². The number of rotatable bonds is 6. The quantitative estimate of drug-likeness (QED) is 0.442. The number of aromatic nitrogens is 3. The molecule has 0 saturated carbocycles. The van der Waals surface area contributed by atoms with Gasteiger partial charge in [-0.1, -0.05) is 0 Å². The second-order valence-corrected chi connectivity index (χ2v) is 11.4. The van der Waals surface area contributed by atoms with Gasteiger partial charge in [-0.3, -0.25) is 0 Å². The molecule has 1 fully saturated rings. The maximum absolute atomic E-state index is 13.6. The second-order valence-electron chi connectivity index (χ2n) is 8.21. The Morgan fingerprint density at radius 1 is 1.21 bits per heavy atom. The molecular formula is C21H25F3N5O3P. The molecule has 12 heteroatoms. The van der Waals surface area contributed by atoms with Gasteiger partial charge >= 0.3 is 6.18 Å². The first-order valence-electron chi connectivity index (χ1n) is 10.4. The summed E-state index contributed by atoms with van der Waals surface area (Å²) in [5.41, 5.74) is -0.285. The standard InChI is InChI=1S/C21H25F3N5O3P/c1-31-16-10-13(33(2,3)30)4-5-15(16)27-20-28-18-17(14(11-25-18)21(22,23)24)19(29-20)26-12-6-8-32-9-7-12/h4-5,10-12H,6-9H2,1-3H3,(H3,25,26,27,28,29). The monoisotopic (exact) mass is 483 g/mol. The highest BCUT2D eigenvalue weighted by Gasteiger charge is 2.36. The van der Waals surface area contributed by atoms with Gasteiger partial charge in [-0.2, -0.15) is 23.1 Å². The number of hydrogen-bond acceptors (Lipinski definition) is 7. The van der Waals surface area contributed by atoms with Crippen LogP contribution in [0.5, 0.6) is 5.75 Å². The molecule has 33 heavy (non-hydrogen) atoms. The van der Waals surface area contributed by atoms with E-state index in [4.69, 9.17) is 9.47 Å². The van der Waals surface area contributed by atoms with E-state index < -0.39 is 18.9 Å². The molecule has 178 valence electrons. The van der Waals surface area contributed by atoms with E-state index in [-0.39, 0.29) is 28.8 Å². The smallest absolute Gasteiger partial charge is 0.418 e. The zero-order chi connectivity index (χ0) is 23.8. The predicted octanol–water partition coefficient (Wildman–Crippen LogP) is 4.57. The number of H-pyrrole nitrogens is 1. The molecule has 0 amide bonds. The molecule has 1 aromatic carbocycles. The van der Waals surface area contributed by atoms with E-state index >= 15 is 0 Å². The summed E-state index contributed by atoms with van der Waals surface area (Å²) in [7, 11) is -1.03. The van der Waals surface area contributed by atoms with Crippen LogP contribution in [0.1, 0.15) is 18.4 Å². The number of methoxy groups -OCH3 is 1. The fourth-order valence-electron chi connectivity index (χ4n) is 3.69. The van der Waals surface area contributed by atoms with E-state index in [0.29, 0.717) is 42.8 Å². The molecule has 2 aromatic heterocycles. The Bertz CT molecular complexity index is 1200. The van der Waals surface area contributed by atoms with Crippen molar-refractivity contribution < 1.29 is 27.2 Å². The predicted molar refractivity (Wildman–Crippen MR) is 122 cm³/mol. The lowest BCUT2D eigenvalue weighted by molar-refractivity contribution is -0.136. The van der Waals surface area contributed by atoms with Gasteiger partial charge in [-0.05, 0) is 44.4 Å². The highest BCUT2D eigenvalue weighted by atomic mass is 31.2. The molecule has 3 N–H and O–H groups in total. The lowest BCUT2D eigenvalue weighted by Gasteiger charge is -2.24. The molecule has 0 bridgehead atoms. The van der Waals surface area contributed by atoms with E-state index in [0.717, 1.165) is 6.20 Å². The van der Waals surface area contributed by atoms with Crippen LogP contribution in [0, 0.1) is 0 Å². The largest absolute Gasteiger partial charge is 0.495 e. The van der Waals surface area contributed by atoms with Crippen molar-refractivity contribution in [2.24, 2.45) is 0 Å². The van der Waals surface area contributed by atoms with Crippen LogP contribution < -0.4 is 20.7 Å². The van der Waals surface area contributed by atoms with Crippen LogP contribution in [0.15, 0.2) is 24.4 Å². The number of aromatic amines is 1. The lowest BCUT2D eigenvalue weighted by atomic mass is 10.1. The van der Waals surface area contributed by atoms with Crippen LogP contribution in [0.4, 0.5) is 30.6 Å². The third-order valence-electron chi connectivity index (χ3n) is 5.45. The number of benzene rings is 1. The molecule has 4 rings (SSSR count). The molecule has 0 spiro atoms. The van der Waals surface area contributed by atoms with E-state index in [2.05, 4.69) is 25.6 Å². The first kappa shape index (κ1) is 23.4. The molecular weight excluding hydrogens is 458 g/mol. The number of ether oxygens (including phenoxy) is 2. The molecule has 3 heterocycles. The van der Waals surface area contributed by atoms with Gasteiger partial charge in [0.1, 0.15) is 24.4 Å². The van der Waals surface area contributed by atoms with Crippen molar-refractivity contribution in [2.45, 2.75) is 25.1 Å². The molecule has 3 aromatic rings. The minimum atomic E-state index is -4.56.